The van der Waals surface area contributed by atoms with Gasteiger partial charge in [0.05, 0.1) is 25.9 Å². The summed E-state index contributed by atoms with van der Waals surface area (Å²) in [4.78, 5) is 12.5. The fourth-order valence-electron chi connectivity index (χ4n) is 2.52. The van der Waals surface area contributed by atoms with Crippen LogP contribution in [0.15, 0.2) is 66.7 Å². The predicted molar refractivity (Wildman–Crippen MR) is 105 cm³/mol. The standard InChI is InChI=1S/C22H18N2O4/c1-26-20-12-5-16(13-21(20)27-2)22(25)24-17-6-10-19(11-7-17)28-18-8-3-15(14-23)4-9-18/h3-13H,1-2H3,(H,24,25). The van der Waals surface area contributed by atoms with Crippen molar-refractivity contribution >= 4 is 11.6 Å². The first-order valence-corrected chi connectivity index (χ1v) is 8.44. The zero-order valence-electron chi connectivity index (χ0n) is 15.4. The third kappa shape index (κ3) is 4.40. The molecule has 0 radical (unpaired) electrons. The molecule has 0 aliphatic carbocycles. The van der Waals surface area contributed by atoms with E-state index in [1.807, 2.05) is 0 Å². The van der Waals surface area contributed by atoms with Crippen LogP contribution < -0.4 is 19.5 Å². The average molecular weight is 374 g/mol. The molecule has 3 rings (SSSR count). The number of benzene rings is 3. The Labute approximate surface area is 162 Å². The maximum absolute atomic E-state index is 12.5. The molecule has 140 valence electrons. The van der Waals surface area contributed by atoms with Crippen LogP contribution in [-0.4, -0.2) is 20.1 Å². The van der Waals surface area contributed by atoms with Crippen molar-refractivity contribution in [2.24, 2.45) is 0 Å². The summed E-state index contributed by atoms with van der Waals surface area (Å²) in [5.74, 6) is 2.03. The lowest BCUT2D eigenvalue weighted by Crippen LogP contribution is -2.12. The molecule has 0 aliphatic heterocycles. The van der Waals surface area contributed by atoms with Gasteiger partial charge in [-0.2, -0.15) is 5.26 Å². The van der Waals surface area contributed by atoms with E-state index in [-0.39, 0.29) is 5.91 Å². The van der Waals surface area contributed by atoms with Gasteiger partial charge >= 0.3 is 0 Å². The van der Waals surface area contributed by atoms with Gasteiger partial charge in [0, 0.05) is 11.3 Å². The minimum atomic E-state index is -0.262. The lowest BCUT2D eigenvalue weighted by Gasteiger charge is -2.11. The Hall–Kier alpha value is -3.98. The van der Waals surface area contributed by atoms with Crippen molar-refractivity contribution in [1.82, 2.24) is 0 Å². The number of nitrogens with one attached hydrogen (secondary N) is 1. The quantitative estimate of drug-likeness (QED) is 0.681. The van der Waals surface area contributed by atoms with Crippen LogP contribution in [0.5, 0.6) is 23.0 Å². The summed E-state index contributed by atoms with van der Waals surface area (Å²) >= 11 is 0. The first-order chi connectivity index (χ1) is 13.6. The van der Waals surface area contributed by atoms with E-state index in [0.29, 0.717) is 39.8 Å². The van der Waals surface area contributed by atoms with E-state index in [4.69, 9.17) is 19.5 Å². The second kappa shape index (κ2) is 8.60. The minimum absolute atomic E-state index is 0.262. The van der Waals surface area contributed by atoms with E-state index < -0.39 is 0 Å². The van der Waals surface area contributed by atoms with Crippen molar-refractivity contribution in [3.63, 3.8) is 0 Å². The molecule has 0 aliphatic rings. The fraction of sp³-hybridized carbons (Fsp3) is 0.0909. The maximum atomic E-state index is 12.5. The van der Waals surface area contributed by atoms with Crippen LogP contribution in [0.2, 0.25) is 0 Å². The Kier molecular flexibility index (Phi) is 5.78. The summed E-state index contributed by atoms with van der Waals surface area (Å²) in [6.45, 7) is 0. The number of methoxy groups -OCH3 is 2. The lowest BCUT2D eigenvalue weighted by atomic mass is 10.2. The van der Waals surface area contributed by atoms with Crippen LogP contribution in [-0.2, 0) is 0 Å². The topological polar surface area (TPSA) is 80.6 Å². The summed E-state index contributed by atoms with van der Waals surface area (Å²) < 4.78 is 16.1. The highest BCUT2D eigenvalue weighted by Crippen LogP contribution is 2.28. The molecule has 0 bridgehead atoms. The molecule has 3 aromatic carbocycles. The van der Waals surface area contributed by atoms with Gasteiger partial charge in [0.15, 0.2) is 11.5 Å². The lowest BCUT2D eigenvalue weighted by molar-refractivity contribution is 0.102. The smallest absolute Gasteiger partial charge is 0.255 e. The van der Waals surface area contributed by atoms with E-state index in [1.165, 1.54) is 7.11 Å². The van der Waals surface area contributed by atoms with Crippen molar-refractivity contribution in [2.75, 3.05) is 19.5 Å². The van der Waals surface area contributed by atoms with Crippen LogP contribution in [0.3, 0.4) is 0 Å². The van der Waals surface area contributed by atoms with Crippen LogP contribution in [0.4, 0.5) is 5.69 Å². The van der Waals surface area contributed by atoms with Crippen LogP contribution in [0.1, 0.15) is 15.9 Å². The Balaban J connectivity index is 1.66. The summed E-state index contributed by atoms with van der Waals surface area (Å²) in [6.07, 6.45) is 0. The average Bonchev–Trinajstić information content (AvgIpc) is 2.75. The van der Waals surface area contributed by atoms with Crippen LogP contribution in [0.25, 0.3) is 0 Å². The molecular weight excluding hydrogens is 356 g/mol. The highest BCUT2D eigenvalue weighted by molar-refractivity contribution is 6.04. The van der Waals surface area contributed by atoms with Gasteiger partial charge in [0.2, 0.25) is 0 Å². The van der Waals surface area contributed by atoms with E-state index in [9.17, 15) is 4.79 Å². The number of carbonyl (C=O) groups excluding carboxylic acids is 1. The molecule has 6 nitrogen and oxygen atoms in total. The fourth-order valence-corrected chi connectivity index (χ4v) is 2.52. The Morgan fingerprint density at radius 3 is 2.04 bits per heavy atom. The molecule has 3 aromatic rings. The molecule has 0 spiro atoms. The van der Waals surface area contributed by atoms with E-state index >= 15 is 0 Å². The normalized spacial score (nSPS) is 9.89. The van der Waals surface area contributed by atoms with Crippen LogP contribution >= 0.6 is 0 Å². The number of nitrogens with zero attached hydrogens (tertiary/aromatic N) is 1. The monoisotopic (exact) mass is 374 g/mol. The first-order valence-electron chi connectivity index (χ1n) is 8.44. The Morgan fingerprint density at radius 2 is 1.46 bits per heavy atom. The second-order valence-corrected chi connectivity index (χ2v) is 5.79. The molecule has 1 amide bonds. The van der Waals surface area contributed by atoms with Crippen molar-refractivity contribution in [3.8, 4) is 29.1 Å². The van der Waals surface area contributed by atoms with Gasteiger partial charge in [-0.15, -0.1) is 0 Å². The molecule has 0 fully saturated rings. The van der Waals surface area contributed by atoms with Gasteiger partial charge in [0.1, 0.15) is 11.5 Å². The largest absolute Gasteiger partial charge is 0.493 e. The molecule has 0 heterocycles. The predicted octanol–water partition coefficient (Wildman–Crippen LogP) is 4.62. The van der Waals surface area contributed by atoms with Crippen molar-refractivity contribution < 1.29 is 19.0 Å². The molecule has 28 heavy (non-hydrogen) atoms. The summed E-state index contributed by atoms with van der Waals surface area (Å²) in [5, 5.41) is 11.6. The molecule has 0 saturated carbocycles. The van der Waals surface area contributed by atoms with E-state index in [1.54, 1.807) is 73.8 Å². The first kappa shape index (κ1) is 18.8. The molecule has 1 N–H and O–H groups in total. The Morgan fingerprint density at radius 1 is 0.857 bits per heavy atom. The van der Waals surface area contributed by atoms with Crippen molar-refractivity contribution in [1.29, 1.82) is 5.26 Å². The number of ether oxygens (including phenoxy) is 3. The highest BCUT2D eigenvalue weighted by Gasteiger charge is 2.11. The van der Waals surface area contributed by atoms with Crippen molar-refractivity contribution in [3.05, 3.63) is 77.9 Å². The number of hydrogen-bond donors (Lipinski definition) is 1. The van der Waals surface area contributed by atoms with Gasteiger partial charge in [0.25, 0.3) is 5.91 Å². The number of hydrogen-bond acceptors (Lipinski definition) is 5. The van der Waals surface area contributed by atoms with Gasteiger partial charge < -0.3 is 19.5 Å². The van der Waals surface area contributed by atoms with Gasteiger partial charge in [-0.05, 0) is 66.7 Å². The van der Waals surface area contributed by atoms with Gasteiger partial charge in [-0.25, -0.2) is 0 Å². The van der Waals surface area contributed by atoms with E-state index in [0.717, 1.165) is 0 Å². The zero-order valence-corrected chi connectivity index (χ0v) is 15.4. The zero-order chi connectivity index (χ0) is 19.9. The highest BCUT2D eigenvalue weighted by atomic mass is 16.5. The maximum Gasteiger partial charge on any atom is 0.255 e. The van der Waals surface area contributed by atoms with Gasteiger partial charge in [-0.1, -0.05) is 0 Å². The number of carbonyl (C=O) groups is 1. The molecule has 0 saturated heterocycles. The number of nitriles is 1. The third-order valence-electron chi connectivity index (χ3n) is 3.98. The molecular formula is C22H18N2O4. The van der Waals surface area contributed by atoms with Crippen molar-refractivity contribution in [2.45, 2.75) is 0 Å². The second-order valence-electron chi connectivity index (χ2n) is 5.79. The summed E-state index contributed by atoms with van der Waals surface area (Å²) in [7, 11) is 3.06. The minimum Gasteiger partial charge on any atom is -0.493 e. The molecule has 0 unspecified atom stereocenters. The van der Waals surface area contributed by atoms with Gasteiger partial charge in [-0.3, -0.25) is 4.79 Å². The van der Waals surface area contributed by atoms with Crippen LogP contribution in [0, 0.1) is 11.3 Å². The number of rotatable bonds is 6. The molecule has 6 heteroatoms. The summed E-state index contributed by atoms with van der Waals surface area (Å²) in [5.41, 5.74) is 1.66. The van der Waals surface area contributed by atoms with E-state index in [2.05, 4.69) is 11.4 Å². The molecule has 0 atom stereocenters. The Bertz CT molecular complexity index is 1010. The number of anilines is 1. The third-order valence-corrected chi connectivity index (χ3v) is 3.98. The molecule has 0 aromatic heterocycles. The summed E-state index contributed by atoms with van der Waals surface area (Å²) in [6, 6.07) is 20.9. The SMILES string of the molecule is COc1ccc(C(=O)Nc2ccc(Oc3ccc(C#N)cc3)cc2)cc1OC. The number of amides is 1.